The second kappa shape index (κ2) is 3.14. The minimum absolute atomic E-state index is 0.899. The summed E-state index contributed by atoms with van der Waals surface area (Å²) in [5.74, 6) is 0. The summed E-state index contributed by atoms with van der Waals surface area (Å²) in [7, 11) is 0. The largest absolute Gasteiger partial charge is 0.380 e. The lowest BCUT2D eigenvalue weighted by Gasteiger charge is -2.18. The summed E-state index contributed by atoms with van der Waals surface area (Å²) >= 11 is 0. The molecule has 4 rings (SSSR count). The molecule has 82 valence electrons. The molecule has 3 aromatic rings. The van der Waals surface area contributed by atoms with Crippen LogP contribution >= 0.6 is 0 Å². The van der Waals surface area contributed by atoms with Gasteiger partial charge in [-0.05, 0) is 12.1 Å². The van der Waals surface area contributed by atoms with Gasteiger partial charge in [0, 0.05) is 34.3 Å². The summed E-state index contributed by atoms with van der Waals surface area (Å²) in [6.45, 7) is 0.899. The Morgan fingerprint density at radius 2 is 1.71 bits per heavy atom. The Morgan fingerprint density at radius 1 is 0.882 bits per heavy atom. The number of H-pyrrole nitrogens is 1. The fourth-order valence-electron chi connectivity index (χ4n) is 2.65. The van der Waals surface area contributed by atoms with E-state index in [0.717, 1.165) is 6.54 Å². The van der Waals surface area contributed by atoms with Crippen molar-refractivity contribution in [2.24, 2.45) is 0 Å². The average Bonchev–Trinajstić information content (AvgIpc) is 2.78. The van der Waals surface area contributed by atoms with Gasteiger partial charge >= 0.3 is 0 Å². The Labute approximate surface area is 99.3 Å². The van der Waals surface area contributed by atoms with E-state index in [0.29, 0.717) is 0 Å². The molecular formula is C15H12N2. The summed E-state index contributed by atoms with van der Waals surface area (Å²) in [5.41, 5.74) is 6.34. The molecule has 2 N–H and O–H groups in total. The van der Waals surface area contributed by atoms with Crippen molar-refractivity contribution in [2.45, 2.75) is 6.54 Å². The summed E-state index contributed by atoms with van der Waals surface area (Å²) in [6.07, 6.45) is 0. The highest BCUT2D eigenvalue weighted by Gasteiger charge is 2.19. The first-order valence-corrected chi connectivity index (χ1v) is 5.86. The van der Waals surface area contributed by atoms with E-state index in [4.69, 9.17) is 0 Å². The predicted octanol–water partition coefficient (Wildman–Crippen LogP) is 3.76. The molecule has 2 aromatic carbocycles. The number of hydrogen-bond acceptors (Lipinski definition) is 1. The maximum Gasteiger partial charge on any atom is 0.0536 e. The Kier molecular flexibility index (Phi) is 1.64. The van der Waals surface area contributed by atoms with E-state index in [1.54, 1.807) is 0 Å². The molecule has 0 spiro atoms. The van der Waals surface area contributed by atoms with Crippen molar-refractivity contribution in [1.82, 2.24) is 4.98 Å². The maximum absolute atomic E-state index is 3.53. The SMILES string of the molecule is c1ccc2c(c1)NCc1c-2[nH]c2ccccc12. The van der Waals surface area contributed by atoms with Crippen molar-refractivity contribution in [3.63, 3.8) is 0 Å². The van der Waals surface area contributed by atoms with E-state index < -0.39 is 0 Å². The number of rotatable bonds is 0. The third kappa shape index (κ3) is 1.15. The minimum atomic E-state index is 0.899. The number of fused-ring (bicyclic) bond motifs is 5. The quantitative estimate of drug-likeness (QED) is 0.593. The molecule has 0 saturated carbocycles. The second-order valence-corrected chi connectivity index (χ2v) is 4.42. The van der Waals surface area contributed by atoms with Crippen molar-refractivity contribution in [2.75, 3.05) is 5.32 Å². The molecule has 17 heavy (non-hydrogen) atoms. The fraction of sp³-hybridized carbons (Fsp3) is 0.0667. The summed E-state index contributed by atoms with van der Waals surface area (Å²) in [4.78, 5) is 3.53. The Bertz CT molecular complexity index is 710. The number of benzene rings is 2. The lowest BCUT2D eigenvalue weighted by atomic mass is 10.00. The van der Waals surface area contributed by atoms with Crippen molar-refractivity contribution >= 4 is 16.6 Å². The van der Waals surface area contributed by atoms with Crippen LogP contribution in [0, 0.1) is 0 Å². The lowest BCUT2D eigenvalue weighted by Crippen LogP contribution is -2.07. The van der Waals surface area contributed by atoms with E-state index in [2.05, 4.69) is 58.8 Å². The average molecular weight is 220 g/mol. The number of aromatic nitrogens is 1. The smallest absolute Gasteiger partial charge is 0.0536 e. The van der Waals surface area contributed by atoms with Gasteiger partial charge in [0.2, 0.25) is 0 Å². The van der Waals surface area contributed by atoms with Gasteiger partial charge in [-0.2, -0.15) is 0 Å². The van der Waals surface area contributed by atoms with Gasteiger partial charge in [0.1, 0.15) is 0 Å². The molecule has 2 heteroatoms. The molecule has 1 aliphatic heterocycles. The zero-order chi connectivity index (χ0) is 11.2. The van der Waals surface area contributed by atoms with Crippen LogP contribution in [0.5, 0.6) is 0 Å². The van der Waals surface area contributed by atoms with Crippen LogP contribution in [0.3, 0.4) is 0 Å². The predicted molar refractivity (Wildman–Crippen MR) is 71.1 cm³/mol. The zero-order valence-corrected chi connectivity index (χ0v) is 9.33. The van der Waals surface area contributed by atoms with Gasteiger partial charge < -0.3 is 10.3 Å². The van der Waals surface area contributed by atoms with Gasteiger partial charge in [-0.1, -0.05) is 36.4 Å². The number of hydrogen-bond donors (Lipinski definition) is 2. The normalized spacial score (nSPS) is 12.9. The monoisotopic (exact) mass is 220 g/mol. The summed E-state index contributed by atoms with van der Waals surface area (Å²) in [6, 6.07) is 16.9. The van der Waals surface area contributed by atoms with E-state index in [9.17, 15) is 0 Å². The van der Waals surface area contributed by atoms with Crippen LogP contribution in [0.4, 0.5) is 5.69 Å². The number of para-hydroxylation sites is 2. The number of aromatic amines is 1. The molecule has 1 aromatic heterocycles. The number of anilines is 1. The van der Waals surface area contributed by atoms with Crippen LogP contribution < -0.4 is 5.32 Å². The molecule has 0 aliphatic carbocycles. The molecule has 0 saturated heterocycles. The van der Waals surface area contributed by atoms with Crippen LogP contribution in [0.25, 0.3) is 22.2 Å². The second-order valence-electron chi connectivity index (χ2n) is 4.42. The third-order valence-electron chi connectivity index (χ3n) is 3.47. The Balaban J connectivity index is 2.10. The van der Waals surface area contributed by atoms with Crippen molar-refractivity contribution < 1.29 is 0 Å². The molecule has 0 bridgehead atoms. The molecule has 1 aliphatic rings. The van der Waals surface area contributed by atoms with Gasteiger partial charge in [0.15, 0.2) is 0 Å². The van der Waals surface area contributed by atoms with E-state index in [1.165, 1.54) is 33.4 Å². The molecule has 2 heterocycles. The summed E-state index contributed by atoms with van der Waals surface area (Å²) < 4.78 is 0. The molecule has 0 atom stereocenters. The molecule has 0 fully saturated rings. The van der Waals surface area contributed by atoms with E-state index in [-0.39, 0.29) is 0 Å². The molecule has 0 radical (unpaired) electrons. The van der Waals surface area contributed by atoms with Gasteiger partial charge in [0.05, 0.1) is 5.69 Å². The van der Waals surface area contributed by atoms with Crippen LogP contribution in [-0.4, -0.2) is 4.98 Å². The Hall–Kier alpha value is -2.22. The molecule has 0 amide bonds. The highest BCUT2D eigenvalue weighted by atomic mass is 14.9. The minimum Gasteiger partial charge on any atom is -0.380 e. The first-order chi connectivity index (χ1) is 8.43. The molecule has 2 nitrogen and oxygen atoms in total. The van der Waals surface area contributed by atoms with Crippen LogP contribution in [-0.2, 0) is 6.54 Å². The topological polar surface area (TPSA) is 27.8 Å². The zero-order valence-electron chi connectivity index (χ0n) is 9.33. The van der Waals surface area contributed by atoms with Crippen molar-refractivity contribution in [3.8, 4) is 11.3 Å². The van der Waals surface area contributed by atoms with Gasteiger partial charge in [-0.15, -0.1) is 0 Å². The number of nitrogens with one attached hydrogen (secondary N) is 2. The highest BCUT2D eigenvalue weighted by Crippen LogP contribution is 2.38. The van der Waals surface area contributed by atoms with Gasteiger partial charge in [-0.25, -0.2) is 0 Å². The van der Waals surface area contributed by atoms with Crippen LogP contribution in [0.2, 0.25) is 0 Å². The van der Waals surface area contributed by atoms with Crippen molar-refractivity contribution in [3.05, 3.63) is 54.1 Å². The van der Waals surface area contributed by atoms with Gasteiger partial charge in [-0.3, -0.25) is 0 Å². The fourth-order valence-corrected chi connectivity index (χ4v) is 2.65. The first-order valence-electron chi connectivity index (χ1n) is 5.86. The molecule has 0 unspecified atom stereocenters. The van der Waals surface area contributed by atoms with Crippen molar-refractivity contribution in [1.29, 1.82) is 0 Å². The summed E-state index contributed by atoms with van der Waals surface area (Å²) in [5, 5.41) is 4.80. The first kappa shape index (κ1) is 8.88. The van der Waals surface area contributed by atoms with Gasteiger partial charge in [0.25, 0.3) is 0 Å². The molecular weight excluding hydrogens is 208 g/mol. The van der Waals surface area contributed by atoms with Crippen LogP contribution in [0.15, 0.2) is 48.5 Å². The maximum atomic E-state index is 3.53. The standard InChI is InChI=1S/C15H12N2/c1-4-8-14-10(5-1)12-9-16-13-7-3-2-6-11(13)15(12)17-14/h1-8,16-17H,9H2. The van der Waals surface area contributed by atoms with E-state index >= 15 is 0 Å². The van der Waals surface area contributed by atoms with E-state index in [1.807, 2.05) is 0 Å². The van der Waals surface area contributed by atoms with Crippen LogP contribution in [0.1, 0.15) is 5.56 Å². The highest BCUT2D eigenvalue weighted by molar-refractivity contribution is 5.95. The third-order valence-corrected chi connectivity index (χ3v) is 3.47. The lowest BCUT2D eigenvalue weighted by molar-refractivity contribution is 1.14. The Morgan fingerprint density at radius 3 is 2.71 bits per heavy atom.